The van der Waals surface area contributed by atoms with Crippen LogP contribution in [0.3, 0.4) is 0 Å². The number of fused-ring (bicyclic) bond motifs is 2. The largest absolute Gasteiger partial charge is 0.379 e. The molecule has 27 heavy (non-hydrogen) atoms. The monoisotopic (exact) mass is 368 g/mol. The van der Waals surface area contributed by atoms with Crippen molar-refractivity contribution in [3.05, 3.63) is 23.8 Å². The van der Waals surface area contributed by atoms with Crippen molar-refractivity contribution >= 4 is 23.5 Å². The SMILES string of the molecule is C/C=N/Nc1ccc(-c2nnc(N)c(N3CC4CC3CN4)n2)cc1C.CC. The van der Waals surface area contributed by atoms with E-state index in [-0.39, 0.29) is 0 Å². The number of nitrogens with one attached hydrogen (secondary N) is 2. The summed E-state index contributed by atoms with van der Waals surface area (Å²) in [6.07, 6.45) is 2.85. The molecule has 8 nitrogen and oxygen atoms in total. The fourth-order valence-corrected chi connectivity index (χ4v) is 3.54. The summed E-state index contributed by atoms with van der Waals surface area (Å²) >= 11 is 0. The number of nitrogens with two attached hydrogens (primary N) is 1. The lowest BCUT2D eigenvalue weighted by Gasteiger charge is -2.28. The minimum absolute atomic E-state index is 0.392. The van der Waals surface area contributed by atoms with Crippen LogP contribution >= 0.6 is 0 Å². The van der Waals surface area contributed by atoms with E-state index in [1.807, 2.05) is 45.9 Å². The predicted octanol–water partition coefficient (Wildman–Crippen LogP) is 2.42. The number of hydrogen-bond donors (Lipinski definition) is 3. The Morgan fingerprint density at radius 3 is 2.78 bits per heavy atom. The van der Waals surface area contributed by atoms with E-state index in [0.29, 0.717) is 23.7 Å². The minimum atomic E-state index is 0.392. The van der Waals surface area contributed by atoms with Gasteiger partial charge in [-0.2, -0.15) is 5.10 Å². The maximum absolute atomic E-state index is 6.06. The molecule has 8 heteroatoms. The summed E-state index contributed by atoms with van der Waals surface area (Å²) in [6, 6.07) is 6.93. The molecule has 144 valence electrons. The lowest BCUT2D eigenvalue weighted by atomic mass is 10.1. The van der Waals surface area contributed by atoms with E-state index in [4.69, 9.17) is 10.7 Å². The van der Waals surface area contributed by atoms with Gasteiger partial charge in [0.25, 0.3) is 0 Å². The van der Waals surface area contributed by atoms with Crippen LogP contribution < -0.4 is 21.4 Å². The molecule has 2 atom stereocenters. The van der Waals surface area contributed by atoms with Gasteiger partial charge in [-0.1, -0.05) is 13.8 Å². The number of benzene rings is 1. The second-order valence-corrected chi connectivity index (χ2v) is 6.52. The third kappa shape index (κ3) is 3.85. The molecule has 4 N–H and O–H groups in total. The highest BCUT2D eigenvalue weighted by Crippen LogP contribution is 2.32. The Morgan fingerprint density at radius 1 is 1.33 bits per heavy atom. The van der Waals surface area contributed by atoms with E-state index in [2.05, 4.69) is 30.9 Å². The number of piperazine rings is 1. The van der Waals surface area contributed by atoms with Gasteiger partial charge in [-0.05, 0) is 44.0 Å². The zero-order valence-electron chi connectivity index (χ0n) is 16.4. The van der Waals surface area contributed by atoms with E-state index in [0.717, 1.165) is 42.1 Å². The third-order valence-electron chi connectivity index (χ3n) is 4.82. The summed E-state index contributed by atoms with van der Waals surface area (Å²) in [7, 11) is 0. The van der Waals surface area contributed by atoms with Gasteiger partial charge in [-0.3, -0.25) is 5.43 Å². The molecule has 2 bridgehead atoms. The van der Waals surface area contributed by atoms with Gasteiger partial charge in [-0.15, -0.1) is 10.2 Å². The molecule has 0 saturated carbocycles. The number of nitrogens with zero attached hydrogens (tertiary/aromatic N) is 5. The van der Waals surface area contributed by atoms with Crippen LogP contribution in [0.2, 0.25) is 0 Å². The van der Waals surface area contributed by atoms with Gasteiger partial charge in [0.15, 0.2) is 17.5 Å². The molecule has 4 rings (SSSR count). The second-order valence-electron chi connectivity index (χ2n) is 6.52. The van der Waals surface area contributed by atoms with Gasteiger partial charge in [0.1, 0.15) is 0 Å². The highest BCUT2D eigenvalue weighted by Gasteiger charge is 2.39. The summed E-state index contributed by atoms with van der Waals surface area (Å²) in [4.78, 5) is 6.98. The molecule has 0 spiro atoms. The highest BCUT2D eigenvalue weighted by molar-refractivity contribution is 5.68. The molecule has 3 heterocycles. The van der Waals surface area contributed by atoms with Crippen LogP contribution in [-0.4, -0.2) is 46.6 Å². The topological polar surface area (TPSA) is 104 Å². The fraction of sp³-hybridized carbons (Fsp3) is 0.474. The second kappa shape index (κ2) is 8.30. The molecular weight excluding hydrogens is 340 g/mol. The van der Waals surface area contributed by atoms with Gasteiger partial charge < -0.3 is 16.0 Å². The average molecular weight is 368 g/mol. The van der Waals surface area contributed by atoms with Gasteiger partial charge >= 0.3 is 0 Å². The standard InChI is InChI=1S/C17H22N8.C2H6/c1-3-20-22-14-5-4-11(6-10(14)2)16-21-17(15(18)23-24-16)25-9-12-7-13(25)8-19-12;1-2/h3-6,12-13,19,22H,7-9H2,1-2H3,(H2,18,23);1-2H3/b20-3+;. The first kappa shape index (κ1) is 19.0. The number of hydrogen-bond acceptors (Lipinski definition) is 8. The first-order valence-electron chi connectivity index (χ1n) is 9.50. The zero-order valence-corrected chi connectivity index (χ0v) is 16.4. The summed E-state index contributed by atoms with van der Waals surface area (Å²) < 4.78 is 0. The van der Waals surface area contributed by atoms with Crippen LogP contribution in [0.5, 0.6) is 0 Å². The van der Waals surface area contributed by atoms with E-state index < -0.39 is 0 Å². The van der Waals surface area contributed by atoms with Gasteiger partial charge in [0.2, 0.25) is 0 Å². The van der Waals surface area contributed by atoms with Crippen molar-refractivity contribution in [1.82, 2.24) is 20.5 Å². The quantitative estimate of drug-likeness (QED) is 0.562. The summed E-state index contributed by atoms with van der Waals surface area (Å²) in [5.74, 6) is 1.73. The zero-order chi connectivity index (χ0) is 19.4. The molecule has 1 aromatic heterocycles. The molecule has 2 unspecified atom stereocenters. The molecule has 0 amide bonds. The molecule has 0 aliphatic carbocycles. The van der Waals surface area contributed by atoms with E-state index in [1.54, 1.807) is 6.21 Å². The normalized spacial score (nSPS) is 20.7. The Morgan fingerprint density at radius 2 is 2.15 bits per heavy atom. The Bertz CT molecular complexity index is 819. The molecule has 0 radical (unpaired) electrons. The molecular formula is C19H28N8. The Hall–Kier alpha value is -2.74. The van der Waals surface area contributed by atoms with Crippen molar-refractivity contribution in [1.29, 1.82) is 0 Å². The Balaban J connectivity index is 0.00000102. The van der Waals surface area contributed by atoms with Crippen molar-refractivity contribution < 1.29 is 0 Å². The van der Waals surface area contributed by atoms with Crippen molar-refractivity contribution in [3.8, 4) is 11.4 Å². The van der Waals surface area contributed by atoms with Crippen molar-refractivity contribution in [3.63, 3.8) is 0 Å². The lowest BCUT2D eigenvalue weighted by Crippen LogP contribution is -2.44. The smallest absolute Gasteiger partial charge is 0.189 e. The highest BCUT2D eigenvalue weighted by atomic mass is 15.3. The summed E-state index contributed by atoms with van der Waals surface area (Å²) in [5, 5.41) is 15.9. The van der Waals surface area contributed by atoms with E-state index in [9.17, 15) is 0 Å². The third-order valence-corrected chi connectivity index (χ3v) is 4.82. The molecule has 2 fully saturated rings. The molecule has 2 aliphatic heterocycles. The maximum Gasteiger partial charge on any atom is 0.189 e. The lowest BCUT2D eigenvalue weighted by molar-refractivity contribution is 0.576. The first-order chi connectivity index (χ1) is 13.2. The van der Waals surface area contributed by atoms with Gasteiger partial charge in [0.05, 0.1) is 5.69 Å². The van der Waals surface area contributed by atoms with Crippen LogP contribution in [-0.2, 0) is 0 Å². The minimum Gasteiger partial charge on any atom is -0.379 e. The fourth-order valence-electron chi connectivity index (χ4n) is 3.54. The maximum atomic E-state index is 6.06. The number of aromatic nitrogens is 3. The molecule has 1 aromatic carbocycles. The molecule has 2 saturated heterocycles. The van der Waals surface area contributed by atoms with Crippen LogP contribution in [0, 0.1) is 6.92 Å². The van der Waals surface area contributed by atoms with E-state index in [1.165, 1.54) is 0 Å². The van der Waals surface area contributed by atoms with Crippen LogP contribution in [0.1, 0.15) is 32.8 Å². The number of nitrogen functional groups attached to an aromatic ring is 1. The van der Waals surface area contributed by atoms with Crippen molar-refractivity contribution in [2.24, 2.45) is 5.10 Å². The van der Waals surface area contributed by atoms with Gasteiger partial charge in [0, 0.05) is 37.0 Å². The summed E-state index contributed by atoms with van der Waals surface area (Å²) in [5.41, 5.74) is 12.0. The number of rotatable bonds is 4. The summed E-state index contributed by atoms with van der Waals surface area (Å²) in [6.45, 7) is 9.78. The van der Waals surface area contributed by atoms with Crippen LogP contribution in [0.15, 0.2) is 23.3 Å². The Labute approximate surface area is 160 Å². The predicted molar refractivity (Wildman–Crippen MR) is 111 cm³/mol. The molecule has 2 aliphatic rings. The number of aryl methyl sites for hydroxylation is 1. The van der Waals surface area contributed by atoms with Crippen LogP contribution in [0.4, 0.5) is 17.3 Å². The van der Waals surface area contributed by atoms with Gasteiger partial charge in [-0.25, -0.2) is 4.98 Å². The Kier molecular flexibility index (Phi) is 5.85. The van der Waals surface area contributed by atoms with Crippen molar-refractivity contribution in [2.75, 3.05) is 29.1 Å². The first-order valence-corrected chi connectivity index (χ1v) is 9.50. The number of hydrazone groups is 1. The van der Waals surface area contributed by atoms with Crippen molar-refractivity contribution in [2.45, 2.75) is 46.2 Å². The average Bonchev–Trinajstić information content (AvgIpc) is 3.32. The number of anilines is 3. The molecule has 2 aromatic rings. The van der Waals surface area contributed by atoms with Crippen LogP contribution in [0.25, 0.3) is 11.4 Å². The van der Waals surface area contributed by atoms with E-state index >= 15 is 0 Å².